The standard InChI is InChI=1S/C21H31F3N2O2/c1-19(2,3)28-18(27)26-13-7-11-20(15-26,25(4)5)12-10-16-8-6-9-17(14-16)21(22,23)24/h6,8-9,14H,7,10-13,15H2,1-5H3. The molecule has 0 bridgehead atoms. The van der Waals surface area contributed by atoms with Gasteiger partial charge in [0.1, 0.15) is 5.60 Å². The summed E-state index contributed by atoms with van der Waals surface area (Å²) in [7, 11) is 3.93. The zero-order valence-electron chi connectivity index (χ0n) is 17.4. The van der Waals surface area contributed by atoms with E-state index in [0.29, 0.717) is 31.5 Å². The molecule has 1 aromatic rings. The lowest BCUT2D eigenvalue weighted by molar-refractivity contribution is -0.137. The van der Waals surface area contributed by atoms with Crippen LogP contribution in [-0.4, -0.2) is 54.2 Å². The second-order valence-corrected chi connectivity index (χ2v) is 8.82. The summed E-state index contributed by atoms with van der Waals surface area (Å²) in [6.07, 6.45) is -1.77. The first-order valence-corrected chi connectivity index (χ1v) is 9.64. The highest BCUT2D eigenvalue weighted by Gasteiger charge is 2.40. The number of nitrogens with zero attached hydrogens (tertiary/aromatic N) is 2. The molecule has 0 spiro atoms. The molecular weight excluding hydrogens is 369 g/mol. The van der Waals surface area contributed by atoms with Crippen molar-refractivity contribution in [1.82, 2.24) is 9.80 Å². The topological polar surface area (TPSA) is 32.8 Å². The second kappa shape index (κ2) is 8.31. The minimum Gasteiger partial charge on any atom is -0.444 e. The van der Waals surface area contributed by atoms with E-state index < -0.39 is 17.3 Å². The third-order valence-electron chi connectivity index (χ3n) is 5.29. The van der Waals surface area contributed by atoms with Gasteiger partial charge in [0, 0.05) is 18.6 Å². The lowest BCUT2D eigenvalue weighted by Gasteiger charge is -2.47. The number of likely N-dealkylation sites (N-methyl/N-ethyl adjacent to an activating group) is 1. The number of carbonyl (C=O) groups excluding carboxylic acids is 1. The van der Waals surface area contributed by atoms with Crippen LogP contribution in [0, 0.1) is 0 Å². The van der Waals surface area contributed by atoms with Gasteiger partial charge in [0.2, 0.25) is 0 Å². The van der Waals surface area contributed by atoms with Crippen LogP contribution in [-0.2, 0) is 17.3 Å². The van der Waals surface area contributed by atoms with Crippen LogP contribution in [0.25, 0.3) is 0 Å². The number of carbonyl (C=O) groups is 1. The van der Waals surface area contributed by atoms with Crippen molar-refractivity contribution >= 4 is 6.09 Å². The Balaban J connectivity index is 2.12. The Kier molecular flexibility index (Phi) is 6.69. The molecule has 1 aliphatic rings. The van der Waals surface area contributed by atoms with Crippen LogP contribution in [0.4, 0.5) is 18.0 Å². The molecule has 0 N–H and O–H groups in total. The largest absolute Gasteiger partial charge is 0.444 e. The van der Waals surface area contributed by atoms with Crippen molar-refractivity contribution in [2.24, 2.45) is 0 Å². The van der Waals surface area contributed by atoms with E-state index in [1.807, 2.05) is 34.9 Å². The first-order valence-electron chi connectivity index (χ1n) is 9.64. The summed E-state index contributed by atoms with van der Waals surface area (Å²) in [4.78, 5) is 16.3. The molecule has 1 aliphatic heterocycles. The van der Waals surface area contributed by atoms with Crippen molar-refractivity contribution in [2.75, 3.05) is 27.2 Å². The average molecular weight is 400 g/mol. The summed E-state index contributed by atoms with van der Waals surface area (Å²) in [6, 6.07) is 5.50. The van der Waals surface area contributed by atoms with Gasteiger partial charge in [-0.25, -0.2) is 4.79 Å². The van der Waals surface area contributed by atoms with Gasteiger partial charge in [-0.05, 0) is 72.2 Å². The molecule has 1 fully saturated rings. The van der Waals surface area contributed by atoms with Crippen molar-refractivity contribution in [2.45, 2.75) is 63.8 Å². The van der Waals surface area contributed by atoms with Crippen molar-refractivity contribution in [3.8, 4) is 0 Å². The van der Waals surface area contributed by atoms with E-state index in [4.69, 9.17) is 4.74 Å². The number of alkyl halides is 3. The number of rotatable bonds is 4. The van der Waals surface area contributed by atoms with Gasteiger partial charge in [-0.15, -0.1) is 0 Å². The van der Waals surface area contributed by atoms with Crippen LogP contribution in [0.1, 0.15) is 51.2 Å². The molecule has 2 rings (SSSR count). The molecule has 1 amide bonds. The number of ether oxygens (including phenoxy) is 1. The van der Waals surface area contributed by atoms with E-state index in [0.717, 1.165) is 18.9 Å². The van der Waals surface area contributed by atoms with E-state index in [1.165, 1.54) is 12.1 Å². The third kappa shape index (κ3) is 5.87. The molecule has 1 unspecified atom stereocenters. The van der Waals surface area contributed by atoms with Gasteiger partial charge < -0.3 is 14.5 Å². The Morgan fingerprint density at radius 1 is 1.25 bits per heavy atom. The summed E-state index contributed by atoms with van der Waals surface area (Å²) in [5.74, 6) is 0. The molecule has 4 nitrogen and oxygen atoms in total. The Bertz CT molecular complexity index is 683. The van der Waals surface area contributed by atoms with E-state index in [9.17, 15) is 18.0 Å². The molecule has 0 aliphatic carbocycles. The van der Waals surface area contributed by atoms with E-state index in [2.05, 4.69) is 4.90 Å². The number of piperidine rings is 1. The molecule has 0 radical (unpaired) electrons. The molecular formula is C21H31F3N2O2. The number of amides is 1. The maximum atomic E-state index is 13.0. The number of benzene rings is 1. The van der Waals surface area contributed by atoms with E-state index in [1.54, 1.807) is 11.0 Å². The van der Waals surface area contributed by atoms with Crippen LogP contribution >= 0.6 is 0 Å². The van der Waals surface area contributed by atoms with Gasteiger partial charge in [-0.3, -0.25) is 0 Å². The van der Waals surface area contributed by atoms with Crippen LogP contribution in [0.15, 0.2) is 24.3 Å². The van der Waals surface area contributed by atoms with Crippen LogP contribution < -0.4 is 0 Å². The van der Waals surface area contributed by atoms with Crippen LogP contribution in [0.3, 0.4) is 0 Å². The summed E-state index contributed by atoms with van der Waals surface area (Å²) >= 11 is 0. The minimum atomic E-state index is -4.34. The zero-order chi connectivity index (χ0) is 21.2. The van der Waals surface area contributed by atoms with Crippen LogP contribution in [0.2, 0.25) is 0 Å². The minimum absolute atomic E-state index is 0.288. The normalized spacial score (nSPS) is 21.1. The average Bonchev–Trinajstić information content (AvgIpc) is 2.58. The van der Waals surface area contributed by atoms with Crippen molar-refractivity contribution in [3.05, 3.63) is 35.4 Å². The molecule has 0 saturated carbocycles. The highest BCUT2D eigenvalue weighted by Crippen LogP contribution is 2.33. The predicted molar refractivity (Wildman–Crippen MR) is 103 cm³/mol. The maximum Gasteiger partial charge on any atom is 0.416 e. The predicted octanol–water partition coefficient (Wildman–Crippen LogP) is 4.97. The first kappa shape index (κ1) is 22.5. The van der Waals surface area contributed by atoms with Crippen LogP contribution in [0.5, 0.6) is 0 Å². The molecule has 1 saturated heterocycles. The molecule has 28 heavy (non-hydrogen) atoms. The van der Waals surface area contributed by atoms with Gasteiger partial charge >= 0.3 is 12.3 Å². The second-order valence-electron chi connectivity index (χ2n) is 8.82. The van der Waals surface area contributed by atoms with Gasteiger partial charge in [0.05, 0.1) is 5.56 Å². The fraction of sp³-hybridized carbons (Fsp3) is 0.667. The number of likely N-dealkylation sites (tertiary alicyclic amines) is 1. The Morgan fingerprint density at radius 3 is 2.50 bits per heavy atom. The Morgan fingerprint density at radius 2 is 1.93 bits per heavy atom. The highest BCUT2D eigenvalue weighted by atomic mass is 19.4. The van der Waals surface area contributed by atoms with Crippen molar-refractivity contribution in [3.63, 3.8) is 0 Å². The molecule has 7 heteroatoms. The lowest BCUT2D eigenvalue weighted by atomic mass is 9.82. The number of aryl methyl sites for hydroxylation is 1. The fourth-order valence-corrected chi connectivity index (χ4v) is 3.67. The molecule has 1 atom stereocenters. The SMILES string of the molecule is CN(C)C1(CCc2cccc(C(F)(F)F)c2)CCCN(C(=O)OC(C)(C)C)C1. The van der Waals surface area contributed by atoms with E-state index >= 15 is 0 Å². The zero-order valence-corrected chi connectivity index (χ0v) is 17.4. The number of hydrogen-bond donors (Lipinski definition) is 0. The van der Waals surface area contributed by atoms with Gasteiger partial charge in [-0.2, -0.15) is 13.2 Å². The van der Waals surface area contributed by atoms with Gasteiger partial charge in [0.15, 0.2) is 0 Å². The first-order chi connectivity index (χ1) is 12.8. The van der Waals surface area contributed by atoms with Crippen molar-refractivity contribution in [1.29, 1.82) is 0 Å². The monoisotopic (exact) mass is 400 g/mol. The summed E-state index contributed by atoms with van der Waals surface area (Å²) in [5, 5.41) is 0. The summed E-state index contributed by atoms with van der Waals surface area (Å²) < 4.78 is 44.4. The summed E-state index contributed by atoms with van der Waals surface area (Å²) in [5.41, 5.74) is -0.815. The summed E-state index contributed by atoms with van der Waals surface area (Å²) in [6.45, 7) is 6.65. The Hall–Kier alpha value is -1.76. The number of hydrogen-bond acceptors (Lipinski definition) is 3. The molecule has 0 aromatic heterocycles. The van der Waals surface area contributed by atoms with Gasteiger partial charge in [0.25, 0.3) is 0 Å². The third-order valence-corrected chi connectivity index (χ3v) is 5.29. The van der Waals surface area contributed by atoms with Crippen molar-refractivity contribution < 1.29 is 22.7 Å². The smallest absolute Gasteiger partial charge is 0.416 e. The Labute approximate surface area is 165 Å². The lowest BCUT2D eigenvalue weighted by Crippen LogP contribution is -2.58. The number of halogens is 3. The van der Waals surface area contributed by atoms with Gasteiger partial charge in [-0.1, -0.05) is 18.2 Å². The maximum absolute atomic E-state index is 13.0. The van der Waals surface area contributed by atoms with E-state index in [-0.39, 0.29) is 11.6 Å². The molecule has 158 valence electrons. The fourth-order valence-electron chi connectivity index (χ4n) is 3.67. The molecule has 1 heterocycles. The molecule has 1 aromatic carbocycles. The quantitative estimate of drug-likeness (QED) is 0.715. The highest BCUT2D eigenvalue weighted by molar-refractivity contribution is 5.68.